The lowest BCUT2D eigenvalue weighted by atomic mass is 10.1. The van der Waals surface area contributed by atoms with Crippen LogP contribution in [0.3, 0.4) is 0 Å². The number of hydrogen-bond donors (Lipinski definition) is 0. The van der Waals surface area contributed by atoms with Crippen LogP contribution in [-0.2, 0) is 18.9 Å². The molecule has 0 saturated carbocycles. The number of thiophene rings is 4. The molecule has 0 amide bonds. The highest BCUT2D eigenvalue weighted by Crippen LogP contribution is 2.38. The number of carbonyl (C=O) groups is 2. The third kappa shape index (κ3) is 10.7. The molecule has 0 fully saturated rings. The lowest BCUT2D eigenvalue weighted by molar-refractivity contribution is 0.0268. The summed E-state index contributed by atoms with van der Waals surface area (Å²) in [6.07, 6.45) is 0. The quantitative estimate of drug-likeness (QED) is 0.0489. The Hall–Kier alpha value is -7.04. The molecule has 0 bridgehead atoms. The molecule has 14 heteroatoms. The van der Waals surface area contributed by atoms with Crippen molar-refractivity contribution in [3.8, 4) is 65.2 Å². The van der Waals surface area contributed by atoms with Gasteiger partial charge in [-0.05, 0) is 119 Å². The predicted octanol–water partition coefficient (Wildman–Crippen LogP) is 13.8. The number of aromatic nitrogens is 2. The molecular weight excluding hydrogens is 957 g/mol. The van der Waals surface area contributed by atoms with E-state index in [-0.39, 0.29) is 26.4 Å². The van der Waals surface area contributed by atoms with Gasteiger partial charge in [-0.1, -0.05) is 60.7 Å². The monoisotopic (exact) mass is 1000 g/mol. The Morgan fingerprint density at radius 3 is 1.09 bits per heavy atom. The van der Waals surface area contributed by atoms with E-state index >= 15 is 0 Å². The normalized spacial score (nSPS) is 11.3. The van der Waals surface area contributed by atoms with Gasteiger partial charge in [-0.15, -0.1) is 45.3 Å². The minimum Gasteiger partial charge on any atom is -0.491 e. The van der Waals surface area contributed by atoms with Gasteiger partial charge in [0.15, 0.2) is 0 Å². The van der Waals surface area contributed by atoms with Crippen LogP contribution in [0.25, 0.3) is 64.4 Å². The summed E-state index contributed by atoms with van der Waals surface area (Å²) in [6, 6.07) is 51.8. The molecular formula is C56H46N2O8S4. The first kappa shape index (κ1) is 46.7. The molecule has 4 aromatic carbocycles. The Balaban J connectivity index is 0.652. The van der Waals surface area contributed by atoms with Gasteiger partial charge in [0.2, 0.25) is 0 Å². The van der Waals surface area contributed by atoms with Gasteiger partial charge in [0.25, 0.3) is 0 Å². The first-order valence-electron chi connectivity index (χ1n) is 22.7. The molecule has 0 radical (unpaired) electrons. The fourth-order valence-corrected chi connectivity index (χ4v) is 11.1. The van der Waals surface area contributed by atoms with Crippen molar-refractivity contribution in [2.45, 2.75) is 0 Å². The van der Waals surface area contributed by atoms with Gasteiger partial charge < -0.3 is 37.6 Å². The molecule has 0 aliphatic carbocycles. The second-order valence-corrected chi connectivity index (χ2v) is 19.5. The van der Waals surface area contributed by atoms with E-state index in [9.17, 15) is 9.59 Å². The number of nitrogens with zero attached hydrogens (tertiary/aromatic N) is 2. The van der Waals surface area contributed by atoms with Gasteiger partial charge in [-0.2, -0.15) is 0 Å². The summed E-state index contributed by atoms with van der Waals surface area (Å²) in [6.45, 7) is 1.90. The molecule has 6 heterocycles. The molecule has 10 rings (SSSR count). The summed E-state index contributed by atoms with van der Waals surface area (Å²) < 4.78 is 39.4. The first-order chi connectivity index (χ1) is 34.6. The van der Waals surface area contributed by atoms with Crippen LogP contribution in [0.4, 0.5) is 0 Å². The zero-order chi connectivity index (χ0) is 47.5. The average Bonchev–Trinajstić information content (AvgIpc) is 4.26. The van der Waals surface area contributed by atoms with Gasteiger partial charge in [-0.25, -0.2) is 9.59 Å². The van der Waals surface area contributed by atoms with E-state index in [0.29, 0.717) is 49.1 Å². The second kappa shape index (κ2) is 22.6. The Morgan fingerprint density at radius 2 is 0.729 bits per heavy atom. The molecule has 70 heavy (non-hydrogen) atoms. The summed E-state index contributed by atoms with van der Waals surface area (Å²) in [7, 11) is 0. The van der Waals surface area contributed by atoms with E-state index in [0.717, 1.165) is 64.4 Å². The third-order valence-electron chi connectivity index (χ3n) is 11.3. The molecule has 0 saturated heterocycles. The largest absolute Gasteiger partial charge is 0.491 e. The van der Waals surface area contributed by atoms with E-state index in [1.54, 1.807) is 57.5 Å². The van der Waals surface area contributed by atoms with Crippen LogP contribution in [-0.4, -0.2) is 73.9 Å². The molecule has 0 aliphatic rings. The summed E-state index contributed by atoms with van der Waals surface area (Å²) in [5.74, 6) is 0.579. The van der Waals surface area contributed by atoms with Crippen molar-refractivity contribution >= 4 is 68.1 Å². The summed E-state index contributed by atoms with van der Waals surface area (Å²) >= 11 is 6.71. The molecule has 6 aromatic heterocycles. The van der Waals surface area contributed by atoms with Gasteiger partial charge in [-0.3, -0.25) is 0 Å². The molecule has 352 valence electrons. The van der Waals surface area contributed by atoms with Crippen LogP contribution in [0.5, 0.6) is 11.5 Å². The number of carbonyl (C=O) groups excluding carboxylic acids is 2. The zero-order valence-electron chi connectivity index (χ0n) is 37.8. The Morgan fingerprint density at radius 1 is 0.371 bits per heavy atom. The first-order valence-corrected chi connectivity index (χ1v) is 26.2. The van der Waals surface area contributed by atoms with E-state index < -0.39 is 11.9 Å². The standard InChI is InChI=1S/C56H46N2O8S4/c59-55(39-9-1-11-41(37-39)57-45(51-17-5-33-67-51)21-22-46(57)52-18-6-34-68-52)65-31-27-61-25-29-63-49-15-3-14-44-43(49)13-4-16-50(44)64-30-26-62-28-32-66-56(60)40-10-2-12-42(38-40)58-47(53-19-7-35-69-53)23-24-48(58)54-20-8-36-70-54/h1-24,33-38H,25-32H2. The number of esters is 2. The van der Waals surface area contributed by atoms with Crippen LogP contribution in [0.2, 0.25) is 0 Å². The lowest BCUT2D eigenvalue weighted by Crippen LogP contribution is -2.14. The molecule has 0 unspecified atom stereocenters. The van der Waals surface area contributed by atoms with Crippen molar-refractivity contribution in [2.24, 2.45) is 0 Å². The molecule has 0 atom stereocenters. The highest BCUT2D eigenvalue weighted by molar-refractivity contribution is 7.14. The minimum atomic E-state index is -0.412. The molecule has 0 aliphatic heterocycles. The number of fused-ring (bicyclic) bond motifs is 1. The number of benzene rings is 4. The number of rotatable bonds is 22. The predicted molar refractivity (Wildman–Crippen MR) is 282 cm³/mol. The van der Waals surface area contributed by atoms with Crippen molar-refractivity contribution in [1.82, 2.24) is 9.13 Å². The van der Waals surface area contributed by atoms with Crippen LogP contribution in [0.1, 0.15) is 20.7 Å². The highest BCUT2D eigenvalue weighted by Gasteiger charge is 2.19. The molecule has 10 nitrogen and oxygen atoms in total. The van der Waals surface area contributed by atoms with Crippen LogP contribution < -0.4 is 9.47 Å². The third-order valence-corrected chi connectivity index (χ3v) is 14.8. The van der Waals surface area contributed by atoms with E-state index in [1.807, 2.05) is 97.1 Å². The number of ether oxygens (including phenoxy) is 6. The highest BCUT2D eigenvalue weighted by atomic mass is 32.1. The van der Waals surface area contributed by atoms with Crippen molar-refractivity contribution < 1.29 is 38.0 Å². The average molecular weight is 1000 g/mol. The Kier molecular flexibility index (Phi) is 15.1. The van der Waals surface area contributed by atoms with E-state index in [1.165, 1.54) is 0 Å². The summed E-state index contributed by atoms with van der Waals surface area (Å²) in [4.78, 5) is 30.9. The minimum absolute atomic E-state index is 0.107. The Bertz CT molecular complexity index is 2960. The van der Waals surface area contributed by atoms with Gasteiger partial charge >= 0.3 is 11.9 Å². The lowest BCUT2D eigenvalue weighted by Gasteiger charge is -2.14. The fourth-order valence-electron chi connectivity index (χ4n) is 8.12. The Labute approximate surface area is 421 Å². The molecule has 10 aromatic rings. The van der Waals surface area contributed by atoms with Crippen molar-refractivity contribution in [1.29, 1.82) is 0 Å². The topological polar surface area (TPSA) is 99.4 Å². The van der Waals surface area contributed by atoms with Crippen LogP contribution >= 0.6 is 45.3 Å². The summed E-state index contributed by atoms with van der Waals surface area (Å²) in [5, 5.41) is 10.1. The van der Waals surface area contributed by atoms with Crippen molar-refractivity contribution in [2.75, 3.05) is 52.9 Å². The maximum absolute atomic E-state index is 13.2. The van der Waals surface area contributed by atoms with Gasteiger partial charge in [0, 0.05) is 22.1 Å². The van der Waals surface area contributed by atoms with Gasteiger partial charge in [0.05, 0.1) is 79.8 Å². The molecule has 0 N–H and O–H groups in total. The van der Waals surface area contributed by atoms with Crippen LogP contribution in [0, 0.1) is 0 Å². The zero-order valence-corrected chi connectivity index (χ0v) is 41.0. The number of hydrogen-bond acceptors (Lipinski definition) is 12. The second-order valence-electron chi connectivity index (χ2n) is 15.7. The summed E-state index contributed by atoms with van der Waals surface area (Å²) in [5.41, 5.74) is 6.95. The van der Waals surface area contributed by atoms with E-state index in [2.05, 4.69) is 79.2 Å². The van der Waals surface area contributed by atoms with Crippen LogP contribution in [0.15, 0.2) is 179 Å². The van der Waals surface area contributed by atoms with Crippen molar-refractivity contribution in [3.05, 3.63) is 190 Å². The smallest absolute Gasteiger partial charge is 0.338 e. The SMILES string of the molecule is O=C(OCCOCCOc1cccc2c(OCCOCCOC(=O)c3cccc(-n4c(-c5cccs5)ccc4-c4cccs4)c3)cccc12)c1cccc(-n2c(-c3cccs3)ccc2-c2cccs2)c1. The molecule has 0 spiro atoms. The van der Waals surface area contributed by atoms with Crippen molar-refractivity contribution in [3.63, 3.8) is 0 Å². The maximum Gasteiger partial charge on any atom is 0.338 e. The van der Waals surface area contributed by atoms with E-state index in [4.69, 9.17) is 28.4 Å². The van der Waals surface area contributed by atoms with Gasteiger partial charge in [0.1, 0.15) is 37.9 Å². The maximum atomic E-state index is 13.2. The fraction of sp³-hybridized carbons (Fsp3) is 0.143.